The largest absolute Gasteiger partial charge is 0.276 e. The molecule has 0 aromatic heterocycles. The van der Waals surface area contributed by atoms with Crippen molar-refractivity contribution in [3.05, 3.63) is 0 Å². The molecule has 0 unspecified atom stereocenters. The van der Waals surface area contributed by atoms with Crippen LogP contribution in [0.3, 0.4) is 0 Å². The summed E-state index contributed by atoms with van der Waals surface area (Å²) in [5, 5.41) is 0. The van der Waals surface area contributed by atoms with E-state index in [1.807, 2.05) is 0 Å². The van der Waals surface area contributed by atoms with Crippen LogP contribution in [0.2, 0.25) is 0 Å². The van der Waals surface area contributed by atoms with E-state index in [0.717, 1.165) is 0 Å². The average Bonchev–Trinajstić information content (AvgIpc) is 0.811. The van der Waals surface area contributed by atoms with Crippen LogP contribution < -0.4 is 0 Å². The lowest BCUT2D eigenvalue weighted by Gasteiger charge is -1.49. The minimum absolute atomic E-state index is 0.107. The van der Waals surface area contributed by atoms with Crippen LogP contribution in [0.15, 0.2) is 0 Å². The topological polar surface area (TPSA) is 17.1 Å². The van der Waals surface area contributed by atoms with Crippen LogP contribution in [0.25, 0.3) is 0 Å². The highest BCUT2D eigenvalue weighted by Gasteiger charge is 1.69. The number of hydrogen-bond donors (Lipinski definition) is 0. The fraction of sp³-hybridized carbons (Fsp3) is 0. The fourth-order valence-electron chi connectivity index (χ4n) is 0. The standard InChI is InChI=1S/CI2O/c2-1(3)4. The number of hydrogen-bond acceptors (Lipinski definition) is 1. The smallest absolute Gasteiger partial charge is 0.251 e. The molecular weight excluding hydrogens is 282 g/mol. The number of carbonyl (C=O) groups is 1. The summed E-state index contributed by atoms with van der Waals surface area (Å²) in [6.07, 6.45) is 0. The molecule has 0 aromatic rings. The Hall–Kier alpha value is 1.13. The van der Waals surface area contributed by atoms with E-state index in [4.69, 9.17) is 0 Å². The molecule has 0 heterocycles. The predicted molar refractivity (Wildman–Crippen MR) is 33.4 cm³/mol. The van der Waals surface area contributed by atoms with Gasteiger partial charge in [0.05, 0.1) is 0 Å². The SMILES string of the molecule is O=C(I)I. The Morgan fingerprint density at radius 3 is 1.50 bits per heavy atom. The monoisotopic (exact) mass is 282 g/mol. The summed E-state index contributed by atoms with van der Waals surface area (Å²) >= 11 is 3.38. The van der Waals surface area contributed by atoms with Crippen molar-refractivity contribution >= 4 is 47.0 Å². The average molecular weight is 282 g/mol. The van der Waals surface area contributed by atoms with E-state index in [-0.39, 0.29) is 1.80 Å². The van der Waals surface area contributed by atoms with Crippen molar-refractivity contribution in [2.24, 2.45) is 0 Å². The molecule has 24 valence electrons. The van der Waals surface area contributed by atoms with Crippen molar-refractivity contribution in [1.29, 1.82) is 0 Å². The van der Waals surface area contributed by atoms with E-state index in [0.29, 0.717) is 0 Å². The summed E-state index contributed by atoms with van der Waals surface area (Å²) in [7, 11) is 0. The molecule has 0 spiro atoms. The molecule has 0 fully saturated rings. The van der Waals surface area contributed by atoms with Crippen LogP contribution in [0.5, 0.6) is 0 Å². The number of halogens is 2. The Morgan fingerprint density at radius 2 is 1.50 bits per heavy atom. The van der Waals surface area contributed by atoms with Gasteiger partial charge in [-0.05, 0) is 0 Å². The highest BCUT2D eigenvalue weighted by Crippen LogP contribution is 1.95. The molecule has 0 saturated heterocycles. The highest BCUT2D eigenvalue weighted by molar-refractivity contribution is 14.2. The van der Waals surface area contributed by atoms with Crippen LogP contribution in [0, 0.1) is 0 Å². The summed E-state index contributed by atoms with van der Waals surface area (Å²) in [6, 6.07) is 0. The van der Waals surface area contributed by atoms with Gasteiger partial charge in [-0.2, -0.15) is 0 Å². The first-order valence-corrected chi connectivity index (χ1v) is 2.74. The third-order valence-electron chi connectivity index (χ3n) is 0. The quantitative estimate of drug-likeness (QED) is 0.490. The molecule has 0 aliphatic heterocycles. The summed E-state index contributed by atoms with van der Waals surface area (Å²) in [5.74, 6) is 0. The first-order valence-electron chi connectivity index (χ1n) is 0.582. The Labute approximate surface area is 51.4 Å². The first kappa shape index (κ1) is 5.13. The second-order valence-corrected chi connectivity index (χ2v) is 4.25. The fourth-order valence-corrected chi connectivity index (χ4v) is 0. The molecule has 4 heavy (non-hydrogen) atoms. The Bertz CT molecular complexity index is 29.0. The van der Waals surface area contributed by atoms with Gasteiger partial charge in [0.15, 0.2) is 0 Å². The van der Waals surface area contributed by atoms with E-state index < -0.39 is 0 Å². The van der Waals surface area contributed by atoms with E-state index >= 15 is 0 Å². The molecule has 0 aromatic carbocycles. The zero-order valence-corrected chi connectivity index (χ0v) is 5.98. The summed E-state index contributed by atoms with van der Waals surface area (Å²) < 4.78 is 0.107. The molecule has 1 nitrogen and oxygen atoms in total. The minimum Gasteiger partial charge on any atom is -0.276 e. The molecule has 0 saturated carbocycles. The van der Waals surface area contributed by atoms with Crippen LogP contribution in [-0.4, -0.2) is 1.80 Å². The van der Waals surface area contributed by atoms with Crippen LogP contribution in [0.4, 0.5) is 4.79 Å². The van der Waals surface area contributed by atoms with Crippen molar-refractivity contribution in [3.63, 3.8) is 0 Å². The van der Waals surface area contributed by atoms with Gasteiger partial charge in [-0.25, -0.2) is 0 Å². The Morgan fingerprint density at radius 1 is 1.50 bits per heavy atom. The molecule has 0 amide bonds. The van der Waals surface area contributed by atoms with Gasteiger partial charge in [-0.1, -0.05) is 0 Å². The molecule has 0 bridgehead atoms. The second kappa shape index (κ2) is 2.37. The normalized spacial score (nSPS) is 6.50. The molecule has 3 heteroatoms. The molecule has 0 atom stereocenters. The highest BCUT2D eigenvalue weighted by atomic mass is 127. The maximum atomic E-state index is 9.42. The van der Waals surface area contributed by atoms with E-state index in [2.05, 4.69) is 0 Å². The zero-order chi connectivity index (χ0) is 3.58. The van der Waals surface area contributed by atoms with Crippen molar-refractivity contribution < 1.29 is 4.79 Å². The third kappa shape index (κ3) is 11.1. The van der Waals surface area contributed by atoms with Gasteiger partial charge in [0, 0.05) is 45.2 Å². The molecule has 0 rings (SSSR count). The third-order valence-corrected chi connectivity index (χ3v) is 0. The van der Waals surface area contributed by atoms with Gasteiger partial charge in [-0.3, -0.25) is 4.79 Å². The van der Waals surface area contributed by atoms with Crippen molar-refractivity contribution in [2.45, 2.75) is 0 Å². The summed E-state index contributed by atoms with van der Waals surface area (Å²) in [5.41, 5.74) is 0. The van der Waals surface area contributed by atoms with E-state index in [9.17, 15) is 4.79 Å². The van der Waals surface area contributed by atoms with Crippen molar-refractivity contribution in [2.75, 3.05) is 0 Å². The summed E-state index contributed by atoms with van der Waals surface area (Å²) in [4.78, 5) is 9.42. The molecule has 0 radical (unpaired) electrons. The number of carbonyl (C=O) groups excluding carboxylic acids is 1. The van der Waals surface area contributed by atoms with E-state index in [1.165, 1.54) is 0 Å². The summed E-state index contributed by atoms with van der Waals surface area (Å²) in [6.45, 7) is 0. The van der Waals surface area contributed by atoms with Gasteiger partial charge < -0.3 is 0 Å². The van der Waals surface area contributed by atoms with Gasteiger partial charge in [0.25, 0.3) is 1.80 Å². The van der Waals surface area contributed by atoms with Crippen LogP contribution in [0.1, 0.15) is 0 Å². The lowest BCUT2D eigenvalue weighted by molar-refractivity contribution is 0.280. The van der Waals surface area contributed by atoms with Crippen LogP contribution in [-0.2, 0) is 0 Å². The lowest BCUT2D eigenvalue weighted by atomic mass is 11.9. The van der Waals surface area contributed by atoms with Crippen molar-refractivity contribution in [1.82, 2.24) is 0 Å². The maximum Gasteiger partial charge on any atom is 0.251 e. The van der Waals surface area contributed by atoms with Gasteiger partial charge in [0.2, 0.25) is 0 Å². The molecule has 0 N–H and O–H groups in total. The van der Waals surface area contributed by atoms with Gasteiger partial charge in [0.1, 0.15) is 0 Å². The minimum atomic E-state index is 0.107. The van der Waals surface area contributed by atoms with Crippen molar-refractivity contribution in [3.8, 4) is 0 Å². The van der Waals surface area contributed by atoms with Crippen LogP contribution >= 0.6 is 45.2 Å². The molecule has 0 aliphatic carbocycles. The van der Waals surface area contributed by atoms with E-state index in [1.54, 1.807) is 45.2 Å². The maximum absolute atomic E-state index is 9.42. The number of rotatable bonds is 0. The predicted octanol–water partition coefficient (Wildman–Crippen LogP) is 1.98. The van der Waals surface area contributed by atoms with Gasteiger partial charge in [-0.15, -0.1) is 0 Å². The Balaban J connectivity index is 2.80. The first-order chi connectivity index (χ1) is 1.73. The Kier molecular flexibility index (Phi) is 3.04. The lowest BCUT2D eigenvalue weighted by Crippen LogP contribution is -1.41. The second-order valence-electron chi connectivity index (χ2n) is 0.226. The molecule has 0 aliphatic rings. The van der Waals surface area contributed by atoms with Gasteiger partial charge >= 0.3 is 0 Å². The molecular formula is CI2O. The zero-order valence-electron chi connectivity index (χ0n) is 1.66.